The SMILES string of the molecule is CC1(C)CC(=O)C(C=Nc2ccc(Cl)c(C(=O)NC3CCCCC3)c2)=C(O)C1. The summed E-state index contributed by atoms with van der Waals surface area (Å²) < 4.78 is 0. The fourth-order valence-corrected chi connectivity index (χ4v) is 4.07. The minimum Gasteiger partial charge on any atom is -0.511 e. The number of hydrogen-bond donors (Lipinski definition) is 2. The number of halogens is 1. The fraction of sp³-hybridized carbons (Fsp3) is 0.500. The van der Waals surface area contributed by atoms with Gasteiger partial charge in [0.2, 0.25) is 0 Å². The number of allylic oxidation sites excluding steroid dienone is 2. The summed E-state index contributed by atoms with van der Waals surface area (Å²) in [7, 11) is 0. The Hall–Kier alpha value is -2.14. The van der Waals surface area contributed by atoms with Crippen molar-refractivity contribution in [3.05, 3.63) is 40.1 Å². The Morgan fingerprint density at radius 1 is 1.25 bits per heavy atom. The van der Waals surface area contributed by atoms with Gasteiger partial charge in [-0.1, -0.05) is 44.7 Å². The quantitative estimate of drug-likeness (QED) is 0.670. The molecule has 2 aliphatic rings. The first-order valence-corrected chi connectivity index (χ1v) is 10.2. The first kappa shape index (κ1) is 20.6. The molecule has 0 saturated heterocycles. The third-order valence-corrected chi connectivity index (χ3v) is 5.70. The average Bonchev–Trinajstić information content (AvgIpc) is 2.62. The second-order valence-corrected chi connectivity index (χ2v) is 8.94. The molecule has 1 aromatic carbocycles. The molecule has 0 heterocycles. The standard InChI is InChI=1S/C22H27ClN2O3/c1-22(2)11-19(26)17(20(27)12-22)13-24-15-8-9-18(23)16(10-15)21(28)25-14-6-4-3-5-7-14/h8-10,13-14,26H,3-7,11-12H2,1-2H3,(H,25,28). The van der Waals surface area contributed by atoms with E-state index in [1.54, 1.807) is 18.2 Å². The lowest BCUT2D eigenvalue weighted by Crippen LogP contribution is -2.36. The molecule has 2 aliphatic carbocycles. The zero-order valence-electron chi connectivity index (χ0n) is 16.4. The molecule has 0 atom stereocenters. The van der Waals surface area contributed by atoms with Crippen molar-refractivity contribution < 1.29 is 14.7 Å². The van der Waals surface area contributed by atoms with Crippen molar-refractivity contribution in [3.63, 3.8) is 0 Å². The van der Waals surface area contributed by atoms with Crippen LogP contribution < -0.4 is 5.32 Å². The van der Waals surface area contributed by atoms with E-state index in [1.807, 2.05) is 13.8 Å². The molecule has 0 aromatic heterocycles. The molecule has 1 amide bonds. The summed E-state index contributed by atoms with van der Waals surface area (Å²) in [6, 6.07) is 5.12. The van der Waals surface area contributed by atoms with Gasteiger partial charge in [-0.15, -0.1) is 0 Å². The van der Waals surface area contributed by atoms with Gasteiger partial charge in [0.05, 0.1) is 21.8 Å². The van der Waals surface area contributed by atoms with E-state index < -0.39 is 0 Å². The third-order valence-electron chi connectivity index (χ3n) is 5.37. The van der Waals surface area contributed by atoms with E-state index in [0.717, 1.165) is 25.7 Å². The van der Waals surface area contributed by atoms with E-state index in [2.05, 4.69) is 10.3 Å². The minimum absolute atomic E-state index is 0.0641. The highest BCUT2D eigenvalue weighted by molar-refractivity contribution is 6.34. The molecule has 5 nitrogen and oxygen atoms in total. The third kappa shape index (κ3) is 5.02. The smallest absolute Gasteiger partial charge is 0.253 e. The van der Waals surface area contributed by atoms with Gasteiger partial charge in [0.1, 0.15) is 5.76 Å². The molecule has 0 bridgehead atoms. The lowest BCUT2D eigenvalue weighted by molar-refractivity contribution is -0.117. The van der Waals surface area contributed by atoms with Crippen molar-refractivity contribution in [2.24, 2.45) is 10.4 Å². The van der Waals surface area contributed by atoms with Gasteiger partial charge in [0.25, 0.3) is 5.91 Å². The number of benzene rings is 1. The normalized spacial score (nSPS) is 20.6. The maximum Gasteiger partial charge on any atom is 0.253 e. The van der Waals surface area contributed by atoms with E-state index >= 15 is 0 Å². The molecule has 0 radical (unpaired) electrons. The predicted octanol–water partition coefficient (Wildman–Crippen LogP) is 5.31. The van der Waals surface area contributed by atoms with Gasteiger partial charge in [0.15, 0.2) is 5.78 Å². The summed E-state index contributed by atoms with van der Waals surface area (Å²) in [5.41, 5.74) is 0.873. The van der Waals surface area contributed by atoms with Crippen LogP contribution in [-0.2, 0) is 4.79 Å². The van der Waals surface area contributed by atoms with Crippen LogP contribution in [0.25, 0.3) is 0 Å². The molecule has 150 valence electrons. The van der Waals surface area contributed by atoms with Crippen molar-refractivity contribution in [1.29, 1.82) is 0 Å². The van der Waals surface area contributed by atoms with Crippen LogP contribution in [0.2, 0.25) is 5.02 Å². The van der Waals surface area contributed by atoms with E-state index in [-0.39, 0.29) is 34.5 Å². The predicted molar refractivity (Wildman–Crippen MR) is 112 cm³/mol. The molecule has 0 aliphatic heterocycles. The maximum absolute atomic E-state index is 12.6. The molecule has 2 N–H and O–H groups in total. The number of nitrogens with zero attached hydrogens (tertiary/aromatic N) is 1. The van der Waals surface area contributed by atoms with Gasteiger partial charge in [0, 0.05) is 25.1 Å². The zero-order valence-corrected chi connectivity index (χ0v) is 17.2. The van der Waals surface area contributed by atoms with Gasteiger partial charge in [-0.05, 0) is 36.5 Å². The fourth-order valence-electron chi connectivity index (χ4n) is 3.87. The number of Topliss-reactive ketones (excluding diaryl/α,β-unsaturated/α-hetero) is 1. The van der Waals surface area contributed by atoms with Gasteiger partial charge in [-0.25, -0.2) is 0 Å². The van der Waals surface area contributed by atoms with Crippen molar-refractivity contribution in [1.82, 2.24) is 5.32 Å². The Balaban J connectivity index is 1.76. The Kier molecular flexibility index (Phi) is 6.23. The van der Waals surface area contributed by atoms with Crippen LogP contribution in [0.5, 0.6) is 0 Å². The second-order valence-electron chi connectivity index (χ2n) is 8.53. The largest absolute Gasteiger partial charge is 0.511 e. The van der Waals surface area contributed by atoms with Crippen molar-refractivity contribution in [2.75, 3.05) is 0 Å². The monoisotopic (exact) mass is 402 g/mol. The first-order valence-electron chi connectivity index (χ1n) is 9.85. The van der Waals surface area contributed by atoms with E-state index in [0.29, 0.717) is 29.1 Å². The lowest BCUT2D eigenvalue weighted by Gasteiger charge is -2.28. The number of amides is 1. The van der Waals surface area contributed by atoms with Crippen molar-refractivity contribution in [2.45, 2.75) is 64.8 Å². The number of aliphatic hydroxyl groups is 1. The molecule has 1 saturated carbocycles. The van der Waals surface area contributed by atoms with Crippen molar-refractivity contribution in [3.8, 4) is 0 Å². The molecule has 6 heteroatoms. The summed E-state index contributed by atoms with van der Waals surface area (Å²) in [4.78, 5) is 29.2. The van der Waals surface area contributed by atoms with Crippen LogP contribution in [-0.4, -0.2) is 29.1 Å². The molecular weight excluding hydrogens is 376 g/mol. The van der Waals surface area contributed by atoms with Crippen LogP contribution in [0.15, 0.2) is 34.5 Å². The van der Waals surface area contributed by atoms with Crippen molar-refractivity contribution >= 4 is 35.2 Å². The van der Waals surface area contributed by atoms with Gasteiger partial charge in [-0.3, -0.25) is 14.6 Å². The summed E-state index contributed by atoms with van der Waals surface area (Å²) in [6.45, 7) is 3.90. The zero-order chi connectivity index (χ0) is 20.3. The number of rotatable bonds is 4. The van der Waals surface area contributed by atoms with E-state index in [9.17, 15) is 14.7 Å². The molecule has 0 spiro atoms. The Morgan fingerprint density at radius 2 is 1.96 bits per heavy atom. The molecular formula is C22H27ClN2O3. The molecule has 1 aromatic rings. The number of hydrogen-bond acceptors (Lipinski definition) is 4. The number of carbonyl (C=O) groups is 2. The number of nitrogens with one attached hydrogen (secondary N) is 1. The summed E-state index contributed by atoms with van der Waals surface area (Å²) in [6.07, 6.45) is 7.66. The highest BCUT2D eigenvalue weighted by Crippen LogP contribution is 2.35. The summed E-state index contributed by atoms with van der Waals surface area (Å²) in [5, 5.41) is 13.6. The molecule has 1 fully saturated rings. The number of aliphatic imine (C=N–C) groups is 1. The molecule has 0 unspecified atom stereocenters. The average molecular weight is 403 g/mol. The first-order chi connectivity index (χ1) is 13.2. The Morgan fingerprint density at radius 3 is 2.64 bits per heavy atom. The number of ketones is 1. The number of carbonyl (C=O) groups excluding carboxylic acids is 2. The number of aliphatic hydroxyl groups excluding tert-OH is 1. The van der Waals surface area contributed by atoms with Crippen LogP contribution in [0.1, 0.15) is 69.2 Å². The van der Waals surface area contributed by atoms with Crippen LogP contribution in [0.3, 0.4) is 0 Å². The molecule has 3 rings (SSSR count). The van der Waals surface area contributed by atoms with E-state index in [1.165, 1.54) is 12.6 Å². The Labute approximate surface area is 170 Å². The maximum atomic E-state index is 12.6. The highest BCUT2D eigenvalue weighted by Gasteiger charge is 2.32. The highest BCUT2D eigenvalue weighted by atomic mass is 35.5. The Bertz CT molecular complexity index is 836. The van der Waals surface area contributed by atoms with E-state index in [4.69, 9.17) is 11.6 Å². The van der Waals surface area contributed by atoms with Crippen LogP contribution >= 0.6 is 11.6 Å². The topological polar surface area (TPSA) is 78.8 Å². The van der Waals surface area contributed by atoms with Gasteiger partial charge < -0.3 is 10.4 Å². The molecule has 28 heavy (non-hydrogen) atoms. The summed E-state index contributed by atoms with van der Waals surface area (Å²) in [5.74, 6) is -0.262. The lowest BCUT2D eigenvalue weighted by atomic mass is 9.77. The minimum atomic E-state index is -0.247. The van der Waals surface area contributed by atoms with Gasteiger partial charge in [-0.2, -0.15) is 0 Å². The van der Waals surface area contributed by atoms with Crippen LogP contribution in [0.4, 0.5) is 5.69 Å². The summed E-state index contributed by atoms with van der Waals surface area (Å²) >= 11 is 6.22. The van der Waals surface area contributed by atoms with Gasteiger partial charge >= 0.3 is 0 Å². The second kappa shape index (κ2) is 8.48. The van der Waals surface area contributed by atoms with Crippen LogP contribution in [0, 0.1) is 5.41 Å².